The van der Waals surface area contributed by atoms with Crippen LogP contribution < -0.4 is 0 Å². The first-order chi connectivity index (χ1) is 4.18. The Morgan fingerprint density at radius 3 is 1.64 bits per heavy atom. The minimum absolute atomic E-state index is 0. The molecule has 0 unspecified atom stereocenters. The van der Waals surface area contributed by atoms with Gasteiger partial charge in [-0.15, -0.1) is 0 Å². The van der Waals surface area contributed by atoms with Gasteiger partial charge in [-0.25, -0.2) is 0 Å². The standard InChI is InChI=1S/C9H11.CH3.Mg/c1-7-4-8(2)6-9(3)5-7;;/h4-5H,1-3H3;1H3;/q2*-1;+2. The van der Waals surface area contributed by atoms with Crippen molar-refractivity contribution in [2.45, 2.75) is 20.8 Å². The van der Waals surface area contributed by atoms with E-state index in [1.54, 1.807) is 0 Å². The number of aryl methyl sites for hydroxylation is 3. The zero-order valence-corrected chi connectivity index (χ0v) is 9.28. The van der Waals surface area contributed by atoms with Crippen molar-refractivity contribution in [3.63, 3.8) is 0 Å². The van der Waals surface area contributed by atoms with Crippen LogP contribution in [-0.2, 0) is 0 Å². The van der Waals surface area contributed by atoms with E-state index in [9.17, 15) is 0 Å². The molecule has 0 aliphatic rings. The molecule has 1 heteroatoms. The Balaban J connectivity index is 0. The van der Waals surface area contributed by atoms with Gasteiger partial charge in [0.05, 0.1) is 0 Å². The smallest absolute Gasteiger partial charge is 0.358 e. The van der Waals surface area contributed by atoms with E-state index in [0.717, 1.165) is 0 Å². The van der Waals surface area contributed by atoms with Crippen molar-refractivity contribution in [1.29, 1.82) is 0 Å². The van der Waals surface area contributed by atoms with Crippen molar-refractivity contribution in [2.75, 3.05) is 0 Å². The normalized spacial score (nSPS) is 7.91. The van der Waals surface area contributed by atoms with E-state index in [1.807, 2.05) is 0 Å². The molecular weight excluding hydrogens is 144 g/mol. The van der Waals surface area contributed by atoms with Gasteiger partial charge in [-0.3, -0.25) is 0 Å². The molecule has 0 saturated carbocycles. The van der Waals surface area contributed by atoms with Crippen molar-refractivity contribution in [3.05, 3.63) is 42.3 Å². The van der Waals surface area contributed by atoms with Gasteiger partial charge >= 0.3 is 23.1 Å². The summed E-state index contributed by atoms with van der Waals surface area (Å²) in [6.07, 6.45) is 0. The summed E-state index contributed by atoms with van der Waals surface area (Å²) in [5.41, 5.74) is 3.78. The minimum Gasteiger partial charge on any atom is -0.358 e. The number of hydrogen-bond donors (Lipinski definition) is 0. The molecule has 0 radical (unpaired) electrons. The van der Waals surface area contributed by atoms with Crippen LogP contribution in [0.1, 0.15) is 16.7 Å². The third kappa shape index (κ3) is 4.43. The summed E-state index contributed by atoms with van der Waals surface area (Å²) in [5.74, 6) is 0. The van der Waals surface area contributed by atoms with Crippen LogP contribution >= 0.6 is 0 Å². The first kappa shape index (κ1) is 13.6. The molecule has 1 rings (SSSR count). The van der Waals surface area contributed by atoms with E-state index >= 15 is 0 Å². The van der Waals surface area contributed by atoms with Crippen LogP contribution in [-0.4, -0.2) is 23.1 Å². The van der Waals surface area contributed by atoms with Gasteiger partial charge in [0.15, 0.2) is 0 Å². The average molecular weight is 159 g/mol. The molecule has 0 fully saturated rings. The van der Waals surface area contributed by atoms with Crippen molar-refractivity contribution in [2.24, 2.45) is 0 Å². The zero-order chi connectivity index (χ0) is 6.85. The van der Waals surface area contributed by atoms with Gasteiger partial charge in [0, 0.05) is 0 Å². The van der Waals surface area contributed by atoms with Crippen LogP contribution in [0.15, 0.2) is 12.1 Å². The van der Waals surface area contributed by atoms with Crippen molar-refractivity contribution in [1.82, 2.24) is 0 Å². The van der Waals surface area contributed by atoms with Gasteiger partial charge in [0.2, 0.25) is 0 Å². The summed E-state index contributed by atoms with van der Waals surface area (Å²) in [5, 5.41) is 0. The molecule has 0 N–H and O–H groups in total. The minimum atomic E-state index is 0. The van der Waals surface area contributed by atoms with Crippen LogP contribution in [0.2, 0.25) is 0 Å². The molecule has 0 spiro atoms. The monoisotopic (exact) mass is 158 g/mol. The van der Waals surface area contributed by atoms with Gasteiger partial charge in [0.1, 0.15) is 0 Å². The van der Waals surface area contributed by atoms with Gasteiger partial charge in [-0.05, 0) is 0 Å². The van der Waals surface area contributed by atoms with Crippen LogP contribution in [0.3, 0.4) is 0 Å². The van der Waals surface area contributed by atoms with Crippen LogP contribution in [0.5, 0.6) is 0 Å². The van der Waals surface area contributed by atoms with E-state index < -0.39 is 0 Å². The molecule has 0 saturated heterocycles. The molecule has 0 bridgehead atoms. The van der Waals surface area contributed by atoms with Crippen LogP contribution in [0, 0.1) is 34.3 Å². The Morgan fingerprint density at radius 2 is 1.36 bits per heavy atom. The summed E-state index contributed by atoms with van der Waals surface area (Å²) < 4.78 is 0. The van der Waals surface area contributed by atoms with E-state index in [0.29, 0.717) is 0 Å². The second kappa shape index (κ2) is 5.61. The maximum atomic E-state index is 3.21. The second-order valence-electron chi connectivity index (χ2n) is 2.52. The number of rotatable bonds is 0. The van der Waals surface area contributed by atoms with E-state index in [1.165, 1.54) is 16.7 Å². The second-order valence-corrected chi connectivity index (χ2v) is 2.52. The van der Waals surface area contributed by atoms with Crippen LogP contribution in [0.25, 0.3) is 0 Å². The molecule has 1 aromatic carbocycles. The first-order valence-electron chi connectivity index (χ1n) is 3.15. The van der Waals surface area contributed by atoms with Crippen molar-refractivity contribution >= 4 is 23.1 Å². The fourth-order valence-electron chi connectivity index (χ4n) is 1.11. The molecule has 56 valence electrons. The molecule has 0 aliphatic heterocycles. The summed E-state index contributed by atoms with van der Waals surface area (Å²) >= 11 is 0. The first-order valence-corrected chi connectivity index (χ1v) is 3.15. The summed E-state index contributed by atoms with van der Waals surface area (Å²) in [6, 6.07) is 7.47. The number of hydrogen-bond acceptors (Lipinski definition) is 0. The van der Waals surface area contributed by atoms with Crippen molar-refractivity contribution < 1.29 is 0 Å². The molecule has 0 heterocycles. The number of benzene rings is 1. The maximum absolute atomic E-state index is 3.21. The van der Waals surface area contributed by atoms with Crippen molar-refractivity contribution in [3.8, 4) is 0 Å². The fourth-order valence-corrected chi connectivity index (χ4v) is 1.11. The molecule has 0 aromatic heterocycles. The molecular formula is C10H14Mg. The van der Waals surface area contributed by atoms with Gasteiger partial charge < -0.3 is 7.43 Å². The summed E-state index contributed by atoms with van der Waals surface area (Å²) in [4.78, 5) is 0. The molecule has 0 aliphatic carbocycles. The zero-order valence-electron chi connectivity index (χ0n) is 7.86. The Bertz CT molecular complexity index is 166. The largest absolute Gasteiger partial charge is 2.00 e. The topological polar surface area (TPSA) is 0 Å². The fraction of sp³-hybridized carbons (Fsp3) is 0.300. The van der Waals surface area contributed by atoms with E-state index in [2.05, 4.69) is 39.0 Å². The van der Waals surface area contributed by atoms with Gasteiger partial charge in [0.25, 0.3) is 0 Å². The van der Waals surface area contributed by atoms with Gasteiger partial charge in [-0.1, -0.05) is 20.8 Å². The van der Waals surface area contributed by atoms with Gasteiger partial charge in [-0.2, -0.15) is 34.9 Å². The van der Waals surface area contributed by atoms with E-state index in [-0.39, 0.29) is 30.5 Å². The molecule has 11 heavy (non-hydrogen) atoms. The summed E-state index contributed by atoms with van der Waals surface area (Å²) in [6.45, 7) is 6.24. The predicted octanol–water partition coefficient (Wildman–Crippen LogP) is 2.48. The Kier molecular flexibility index (Phi) is 6.92. The Hall–Kier alpha value is -0.0138. The predicted molar refractivity (Wildman–Crippen MR) is 51.7 cm³/mol. The third-order valence-corrected chi connectivity index (χ3v) is 1.28. The molecule has 0 nitrogen and oxygen atoms in total. The molecule has 0 atom stereocenters. The molecule has 1 aromatic rings. The Labute approximate surface area is 86.2 Å². The quantitative estimate of drug-likeness (QED) is 0.402. The third-order valence-electron chi connectivity index (χ3n) is 1.28. The summed E-state index contributed by atoms with van der Waals surface area (Å²) in [7, 11) is 0. The van der Waals surface area contributed by atoms with Crippen LogP contribution in [0.4, 0.5) is 0 Å². The Morgan fingerprint density at radius 1 is 1.00 bits per heavy atom. The maximum Gasteiger partial charge on any atom is 2.00 e. The van der Waals surface area contributed by atoms with E-state index in [4.69, 9.17) is 0 Å². The SMILES string of the molecule is Cc1[c-]c(C)cc(C)c1.[CH3-].[Mg+2]. The molecule has 0 amide bonds. The average Bonchev–Trinajstić information content (AvgIpc) is 1.59.